The van der Waals surface area contributed by atoms with Crippen LogP contribution in [-0.2, 0) is 18.9 Å². The van der Waals surface area contributed by atoms with Gasteiger partial charge in [-0.2, -0.15) is 0 Å². The molecule has 68 heavy (non-hydrogen) atoms. The molecule has 8 nitrogen and oxygen atoms in total. The van der Waals surface area contributed by atoms with Gasteiger partial charge in [0.1, 0.15) is 12.2 Å². The van der Waals surface area contributed by atoms with Crippen LogP contribution in [-0.4, -0.2) is 25.5 Å². The molecule has 8 aromatic rings. The zero-order valence-corrected chi connectivity index (χ0v) is 38.2. The summed E-state index contributed by atoms with van der Waals surface area (Å²) in [6.07, 6.45) is 8.75. The quantitative estimate of drug-likeness (QED) is 0.106. The Kier molecular flexibility index (Phi) is 12.7. The fourth-order valence-corrected chi connectivity index (χ4v) is 9.45. The van der Waals surface area contributed by atoms with Crippen molar-refractivity contribution in [2.45, 2.75) is 51.7 Å². The fourth-order valence-electron chi connectivity index (χ4n) is 9.45. The highest BCUT2D eigenvalue weighted by atomic mass is 16.7. The summed E-state index contributed by atoms with van der Waals surface area (Å²) < 4.78 is 22.4. The normalized spacial score (nSPS) is 14.7. The van der Waals surface area contributed by atoms with Gasteiger partial charge < -0.3 is 28.7 Å². The second-order valence-corrected chi connectivity index (χ2v) is 17.0. The maximum absolute atomic E-state index is 12.7. The Morgan fingerprint density at radius 2 is 0.838 bits per heavy atom. The first kappa shape index (κ1) is 43.8. The van der Waals surface area contributed by atoms with E-state index in [4.69, 9.17) is 18.9 Å². The van der Waals surface area contributed by atoms with Crippen molar-refractivity contribution in [3.8, 4) is 11.1 Å². The van der Waals surface area contributed by atoms with Crippen molar-refractivity contribution < 1.29 is 28.5 Å². The molecule has 0 saturated heterocycles. The van der Waals surface area contributed by atoms with E-state index >= 15 is 0 Å². The second-order valence-electron chi connectivity index (χ2n) is 17.0. The minimum atomic E-state index is -0.651. The van der Waals surface area contributed by atoms with E-state index in [1.54, 1.807) is 0 Å². The Bertz CT molecular complexity index is 2950. The minimum absolute atomic E-state index is 0.317. The van der Waals surface area contributed by atoms with Crippen LogP contribution in [0.25, 0.3) is 44.8 Å². The third-order valence-electron chi connectivity index (χ3n) is 12.6. The average molecular weight is 897 g/mol. The van der Waals surface area contributed by atoms with E-state index in [1.165, 1.54) is 0 Å². The molecule has 0 radical (unpaired) electrons. The van der Waals surface area contributed by atoms with Gasteiger partial charge >= 0.3 is 12.3 Å². The summed E-state index contributed by atoms with van der Waals surface area (Å²) in [4.78, 5) is 30.0. The standard InChI is InChI=1S/C60H52N2O6/c1-3-39-65-59(63)67-57-29-13-21-49-51(57)23-11-27-55(49)61(53-25-9-17-43-15-5-7-19-47(43)53)45-35-31-41(32-36-45)42-33-37-46(38-34-42)62(54-26-10-18-44-16-6-8-20-48(44)54)56-28-12-24-52-50(56)22-14-30-58(52)68-60(64)66-40-4-2/h5-28,31-38,57-58H,3-4,29-30,39-40H2,1-2H3. The molecule has 0 aliphatic heterocycles. The van der Waals surface area contributed by atoms with E-state index in [-0.39, 0.29) is 0 Å². The number of nitrogens with zero attached hydrogens (tertiary/aromatic N) is 2. The Labute approximate surface area is 397 Å². The molecule has 2 atom stereocenters. The topological polar surface area (TPSA) is 77.5 Å². The average Bonchev–Trinajstić information content (AvgIpc) is 3.38. The maximum Gasteiger partial charge on any atom is 0.508 e. The maximum atomic E-state index is 12.7. The van der Waals surface area contributed by atoms with Crippen molar-refractivity contribution >= 4 is 80.1 Å². The number of hydrogen-bond donors (Lipinski definition) is 0. The van der Waals surface area contributed by atoms with Gasteiger partial charge in [0.15, 0.2) is 0 Å². The lowest BCUT2D eigenvalue weighted by atomic mass is 9.92. The molecule has 8 aromatic carbocycles. The number of benzene rings is 8. The van der Waals surface area contributed by atoms with E-state index < -0.39 is 24.5 Å². The molecule has 0 saturated carbocycles. The summed E-state index contributed by atoms with van der Waals surface area (Å²) in [7, 11) is 0. The number of fused-ring (bicyclic) bond motifs is 4. The molecular formula is C60H52N2O6. The molecule has 2 unspecified atom stereocenters. The zero-order valence-electron chi connectivity index (χ0n) is 38.2. The number of carbonyl (C=O) groups is 2. The third-order valence-corrected chi connectivity index (χ3v) is 12.6. The summed E-state index contributed by atoms with van der Waals surface area (Å²) in [6, 6.07) is 59.5. The third kappa shape index (κ3) is 8.81. The minimum Gasteiger partial charge on any atom is -0.434 e. The van der Waals surface area contributed by atoms with E-state index in [2.05, 4.69) is 180 Å². The van der Waals surface area contributed by atoms with Gasteiger partial charge in [0.05, 0.1) is 36.0 Å². The van der Waals surface area contributed by atoms with Crippen LogP contribution >= 0.6 is 0 Å². The Morgan fingerprint density at radius 3 is 1.26 bits per heavy atom. The lowest BCUT2D eigenvalue weighted by Crippen LogP contribution is -2.18. The van der Waals surface area contributed by atoms with Crippen molar-refractivity contribution in [3.05, 3.63) is 204 Å². The van der Waals surface area contributed by atoms with Crippen LogP contribution in [0, 0.1) is 0 Å². The molecule has 0 aromatic heterocycles. The van der Waals surface area contributed by atoms with Gasteiger partial charge in [-0.05, 0) is 83.3 Å². The molecule has 0 spiro atoms. The number of anilines is 6. The first-order valence-corrected chi connectivity index (χ1v) is 23.5. The van der Waals surface area contributed by atoms with Crippen molar-refractivity contribution in [2.75, 3.05) is 23.0 Å². The summed E-state index contributed by atoms with van der Waals surface area (Å²) in [5.41, 5.74) is 12.0. The van der Waals surface area contributed by atoms with Gasteiger partial charge in [0.25, 0.3) is 0 Å². The monoisotopic (exact) mass is 896 g/mol. The summed E-state index contributed by atoms with van der Waals surface area (Å²) >= 11 is 0. The molecular weight excluding hydrogens is 845 g/mol. The molecule has 0 heterocycles. The molecule has 338 valence electrons. The van der Waals surface area contributed by atoms with Gasteiger partial charge in [-0.3, -0.25) is 0 Å². The number of hydrogen-bond acceptors (Lipinski definition) is 8. The van der Waals surface area contributed by atoms with Gasteiger partial charge in [0.2, 0.25) is 0 Å². The highest BCUT2D eigenvalue weighted by Crippen LogP contribution is 2.47. The summed E-state index contributed by atoms with van der Waals surface area (Å²) in [6.45, 7) is 4.56. The number of carbonyl (C=O) groups excluding carboxylic acids is 2. The molecule has 2 aliphatic rings. The van der Waals surface area contributed by atoms with Gasteiger partial charge in [-0.25, -0.2) is 9.59 Å². The second kappa shape index (κ2) is 19.8. The zero-order chi connectivity index (χ0) is 46.4. The van der Waals surface area contributed by atoms with Crippen molar-refractivity contribution in [1.29, 1.82) is 0 Å². The molecule has 8 heteroatoms. The molecule has 10 rings (SSSR count). The van der Waals surface area contributed by atoms with E-state index in [0.717, 1.165) is 102 Å². The van der Waals surface area contributed by atoms with Crippen molar-refractivity contribution in [3.63, 3.8) is 0 Å². The van der Waals surface area contributed by atoms with E-state index in [1.807, 2.05) is 38.1 Å². The Morgan fingerprint density at radius 1 is 0.456 bits per heavy atom. The van der Waals surface area contributed by atoms with Crippen LogP contribution < -0.4 is 9.80 Å². The van der Waals surface area contributed by atoms with Crippen molar-refractivity contribution in [1.82, 2.24) is 0 Å². The van der Waals surface area contributed by atoms with Crippen LogP contribution in [0.3, 0.4) is 0 Å². The van der Waals surface area contributed by atoms with Crippen LogP contribution in [0.15, 0.2) is 182 Å². The highest BCUT2D eigenvalue weighted by molar-refractivity contribution is 6.02. The van der Waals surface area contributed by atoms with Crippen LogP contribution in [0.5, 0.6) is 0 Å². The van der Waals surface area contributed by atoms with E-state index in [0.29, 0.717) is 26.1 Å². The van der Waals surface area contributed by atoms with Gasteiger partial charge in [0, 0.05) is 57.2 Å². The summed E-state index contributed by atoms with van der Waals surface area (Å²) in [5.74, 6) is 0. The molecule has 0 fully saturated rings. The largest absolute Gasteiger partial charge is 0.508 e. The van der Waals surface area contributed by atoms with Crippen LogP contribution in [0.4, 0.5) is 43.7 Å². The van der Waals surface area contributed by atoms with Crippen LogP contribution in [0.1, 0.15) is 74.0 Å². The molecule has 0 amide bonds. The van der Waals surface area contributed by atoms with Crippen molar-refractivity contribution in [2.24, 2.45) is 0 Å². The molecule has 2 aliphatic carbocycles. The predicted molar refractivity (Wildman–Crippen MR) is 274 cm³/mol. The fraction of sp³-hybridized carbons (Fsp3) is 0.167. The Balaban J connectivity index is 1.02. The lowest BCUT2D eigenvalue weighted by Gasteiger charge is -2.31. The number of rotatable bonds is 13. The molecule has 0 N–H and O–H groups in total. The first-order chi connectivity index (χ1) is 33.5. The molecule has 0 bridgehead atoms. The van der Waals surface area contributed by atoms with Crippen LogP contribution in [0.2, 0.25) is 0 Å². The highest BCUT2D eigenvalue weighted by Gasteiger charge is 2.29. The predicted octanol–water partition coefficient (Wildman–Crippen LogP) is 16.6. The van der Waals surface area contributed by atoms with E-state index in [9.17, 15) is 9.59 Å². The van der Waals surface area contributed by atoms with Gasteiger partial charge in [-0.15, -0.1) is 0 Å². The SMILES string of the molecule is CCCOC(=O)OC1CC=Cc2c1cccc2N(c1ccc(-c2ccc(N(c3cccc4c3C=CCC4OC(=O)OCCC)c3cccc4ccccc34)cc2)cc1)c1cccc2ccccc12. The summed E-state index contributed by atoms with van der Waals surface area (Å²) in [5, 5.41) is 4.51. The first-order valence-electron chi connectivity index (χ1n) is 23.5. The van der Waals surface area contributed by atoms with Gasteiger partial charge in [-0.1, -0.05) is 159 Å². The Hall–Kier alpha value is -8.10. The number of ether oxygens (including phenoxy) is 4. The smallest absolute Gasteiger partial charge is 0.434 e. The lowest BCUT2D eigenvalue weighted by molar-refractivity contribution is 0.0224.